The number of nitrogens with zero attached hydrogens (tertiary/aromatic N) is 6. The van der Waals surface area contributed by atoms with Crippen LogP contribution < -0.4 is 9.47 Å². The van der Waals surface area contributed by atoms with Gasteiger partial charge >= 0.3 is 5.97 Å². The standard InChI is InChI=1S/C38H39FN6O4/c1-3-5-26-10-13-35(32(39)18-26)48-24-29-6-4-7-37(41-29)49-31-14-16-43(17-15-31)23-36-42-33-12-11-28(38(46)47-2)19-34(33)45(36)22-30-20-40-25-44(30)21-27-8-9-27/h4,6-7,10-13,18-20,25,27,31H,8-9,14-17,21-24H2,1-2H3. The van der Waals surface area contributed by atoms with Crippen LogP contribution in [0.25, 0.3) is 11.0 Å². The number of likely N-dealkylation sites (tertiary alicyclic amines) is 1. The first kappa shape index (κ1) is 32.3. The van der Waals surface area contributed by atoms with Crippen molar-refractivity contribution in [2.24, 2.45) is 5.92 Å². The molecule has 7 rings (SSSR count). The number of halogens is 1. The molecule has 0 amide bonds. The van der Waals surface area contributed by atoms with E-state index in [2.05, 4.69) is 35.8 Å². The van der Waals surface area contributed by atoms with Gasteiger partial charge in [-0.15, -0.1) is 5.92 Å². The van der Waals surface area contributed by atoms with Crippen molar-refractivity contribution in [1.29, 1.82) is 0 Å². The normalized spacial score (nSPS) is 15.2. The van der Waals surface area contributed by atoms with Crippen LogP contribution in [-0.2, 0) is 31.0 Å². The highest BCUT2D eigenvalue weighted by Crippen LogP contribution is 2.31. The van der Waals surface area contributed by atoms with Crippen molar-refractivity contribution in [2.75, 3.05) is 20.2 Å². The molecule has 0 spiro atoms. The minimum absolute atomic E-state index is 0.0165. The van der Waals surface area contributed by atoms with E-state index in [1.807, 2.05) is 42.9 Å². The minimum atomic E-state index is -0.457. The van der Waals surface area contributed by atoms with Gasteiger partial charge in [0.15, 0.2) is 11.6 Å². The van der Waals surface area contributed by atoms with Gasteiger partial charge in [0.05, 0.1) is 54.5 Å². The van der Waals surface area contributed by atoms with Crippen LogP contribution in [0.15, 0.2) is 67.1 Å². The summed E-state index contributed by atoms with van der Waals surface area (Å²) in [5.41, 5.74) is 4.62. The number of benzene rings is 2. The first-order valence-electron chi connectivity index (χ1n) is 16.7. The highest BCUT2D eigenvalue weighted by atomic mass is 19.1. The molecule has 1 saturated carbocycles. The number of pyridine rings is 1. The Morgan fingerprint density at radius 1 is 1.02 bits per heavy atom. The van der Waals surface area contributed by atoms with E-state index in [9.17, 15) is 9.18 Å². The molecule has 11 heteroatoms. The monoisotopic (exact) mass is 662 g/mol. The summed E-state index contributed by atoms with van der Waals surface area (Å²) in [5, 5.41) is 0. The zero-order valence-electron chi connectivity index (χ0n) is 27.8. The quantitative estimate of drug-likeness (QED) is 0.119. The van der Waals surface area contributed by atoms with E-state index >= 15 is 0 Å². The Morgan fingerprint density at radius 3 is 2.65 bits per heavy atom. The number of aromatic nitrogens is 5. The topological polar surface area (TPSA) is 96.5 Å². The van der Waals surface area contributed by atoms with Gasteiger partial charge in [0, 0.05) is 37.5 Å². The fraction of sp³-hybridized carbons (Fsp3) is 0.368. The minimum Gasteiger partial charge on any atom is -0.484 e. The summed E-state index contributed by atoms with van der Waals surface area (Å²) in [4.78, 5) is 28.9. The average Bonchev–Trinajstić information content (AvgIpc) is 3.73. The maximum atomic E-state index is 14.4. The summed E-state index contributed by atoms with van der Waals surface area (Å²) in [6.07, 6.45) is 8.06. The van der Waals surface area contributed by atoms with Crippen molar-refractivity contribution in [3.63, 3.8) is 0 Å². The maximum absolute atomic E-state index is 14.4. The number of piperidine rings is 1. The lowest BCUT2D eigenvalue weighted by Crippen LogP contribution is -2.38. The summed E-state index contributed by atoms with van der Waals surface area (Å²) in [7, 11) is 1.40. The lowest BCUT2D eigenvalue weighted by molar-refractivity contribution is 0.0601. The van der Waals surface area contributed by atoms with Crippen molar-refractivity contribution < 1.29 is 23.4 Å². The van der Waals surface area contributed by atoms with Gasteiger partial charge in [-0.05, 0) is 81.0 Å². The Morgan fingerprint density at radius 2 is 1.88 bits per heavy atom. The SMILES string of the molecule is CC#Cc1ccc(OCc2cccc(OC3CCN(Cc4nc5ccc(C(=O)OC)cc5n4Cc4cncn4CC4CC4)CC3)n2)c(F)c1. The van der Waals surface area contributed by atoms with Crippen molar-refractivity contribution >= 4 is 17.0 Å². The van der Waals surface area contributed by atoms with Crippen LogP contribution in [0.1, 0.15) is 65.7 Å². The third-order valence-corrected chi connectivity index (χ3v) is 9.06. The van der Waals surface area contributed by atoms with Crippen LogP contribution in [0.2, 0.25) is 0 Å². The van der Waals surface area contributed by atoms with Crippen molar-refractivity contribution in [2.45, 2.75) is 65.0 Å². The molecule has 10 nitrogen and oxygen atoms in total. The van der Waals surface area contributed by atoms with Crippen LogP contribution in [0.4, 0.5) is 4.39 Å². The Kier molecular flexibility index (Phi) is 9.57. The number of hydrogen-bond acceptors (Lipinski definition) is 8. The molecule has 2 aliphatic rings. The molecule has 5 aromatic rings. The average molecular weight is 663 g/mol. The predicted molar refractivity (Wildman–Crippen MR) is 182 cm³/mol. The molecule has 0 radical (unpaired) electrons. The molecule has 0 unspecified atom stereocenters. The third kappa shape index (κ3) is 7.76. The molecule has 3 aromatic heterocycles. The Bertz CT molecular complexity index is 2020. The zero-order valence-corrected chi connectivity index (χ0v) is 27.8. The highest BCUT2D eigenvalue weighted by Gasteiger charge is 2.25. The van der Waals surface area contributed by atoms with E-state index < -0.39 is 5.82 Å². The second kappa shape index (κ2) is 14.5. The molecule has 252 valence electrons. The largest absolute Gasteiger partial charge is 0.484 e. The van der Waals surface area contributed by atoms with Crippen LogP contribution >= 0.6 is 0 Å². The van der Waals surface area contributed by atoms with E-state index in [-0.39, 0.29) is 24.4 Å². The van der Waals surface area contributed by atoms with Crippen LogP contribution in [-0.4, -0.2) is 61.3 Å². The van der Waals surface area contributed by atoms with Crippen LogP contribution in [0.3, 0.4) is 0 Å². The fourth-order valence-electron chi connectivity index (χ4n) is 6.25. The number of hydrogen-bond donors (Lipinski definition) is 0. The van der Waals surface area contributed by atoms with Gasteiger partial charge in [-0.2, -0.15) is 0 Å². The number of carbonyl (C=O) groups is 1. The molecule has 0 N–H and O–H groups in total. The summed E-state index contributed by atoms with van der Waals surface area (Å²) in [6, 6.07) is 15.8. The van der Waals surface area contributed by atoms with E-state index in [1.54, 1.807) is 25.1 Å². The van der Waals surface area contributed by atoms with Gasteiger partial charge in [0.2, 0.25) is 5.88 Å². The fourth-order valence-corrected chi connectivity index (χ4v) is 6.25. The smallest absolute Gasteiger partial charge is 0.337 e. The van der Waals surface area contributed by atoms with Crippen LogP contribution in [0, 0.1) is 23.6 Å². The third-order valence-electron chi connectivity index (χ3n) is 9.06. The van der Waals surface area contributed by atoms with Crippen molar-refractivity contribution in [1.82, 2.24) is 29.0 Å². The molecule has 2 aromatic carbocycles. The summed E-state index contributed by atoms with van der Waals surface area (Å²) in [5.74, 6) is 7.13. The van der Waals surface area contributed by atoms with Gasteiger partial charge in [0.25, 0.3) is 0 Å². The van der Waals surface area contributed by atoms with E-state index in [1.165, 1.54) is 26.0 Å². The molecule has 0 atom stereocenters. The second-order valence-corrected chi connectivity index (χ2v) is 12.7. The summed E-state index contributed by atoms with van der Waals surface area (Å²) in [6.45, 7) is 5.76. The Labute approximate surface area is 284 Å². The number of fused-ring (bicyclic) bond motifs is 1. The Balaban J connectivity index is 0.996. The molecule has 1 aliphatic heterocycles. The van der Waals surface area contributed by atoms with Crippen molar-refractivity contribution in [3.8, 4) is 23.5 Å². The molecule has 2 fully saturated rings. The maximum Gasteiger partial charge on any atom is 0.337 e. The molecule has 0 bridgehead atoms. The number of imidazole rings is 2. The van der Waals surface area contributed by atoms with Crippen molar-refractivity contribution in [3.05, 3.63) is 101 Å². The van der Waals surface area contributed by atoms with E-state index in [0.717, 1.165) is 60.9 Å². The zero-order chi connectivity index (χ0) is 33.7. The number of carbonyl (C=O) groups excluding carboxylic acids is 1. The second-order valence-electron chi connectivity index (χ2n) is 12.7. The van der Waals surface area contributed by atoms with Gasteiger partial charge in [0.1, 0.15) is 18.5 Å². The number of rotatable bonds is 12. The number of methoxy groups -OCH3 is 1. The first-order chi connectivity index (χ1) is 23.9. The summed E-state index contributed by atoms with van der Waals surface area (Å²) < 4.78 is 35.9. The van der Waals surface area contributed by atoms with Gasteiger partial charge in [-0.1, -0.05) is 12.0 Å². The lowest BCUT2D eigenvalue weighted by Gasteiger charge is -2.31. The molecule has 1 saturated heterocycles. The highest BCUT2D eigenvalue weighted by molar-refractivity contribution is 5.93. The predicted octanol–water partition coefficient (Wildman–Crippen LogP) is 6.01. The van der Waals surface area contributed by atoms with Gasteiger partial charge in [-0.25, -0.2) is 24.1 Å². The first-order valence-corrected chi connectivity index (χ1v) is 16.7. The van der Waals surface area contributed by atoms with E-state index in [0.29, 0.717) is 35.8 Å². The lowest BCUT2D eigenvalue weighted by atomic mass is 10.1. The molecule has 1 aliphatic carbocycles. The van der Waals surface area contributed by atoms with Gasteiger partial charge < -0.3 is 23.3 Å². The Hall–Kier alpha value is -5.21. The molecule has 4 heterocycles. The van der Waals surface area contributed by atoms with E-state index in [4.69, 9.17) is 19.2 Å². The molecular weight excluding hydrogens is 623 g/mol. The summed E-state index contributed by atoms with van der Waals surface area (Å²) >= 11 is 0. The molecular formula is C38H39FN6O4. The van der Waals surface area contributed by atoms with Crippen LogP contribution in [0.5, 0.6) is 11.6 Å². The number of ether oxygens (including phenoxy) is 3. The van der Waals surface area contributed by atoms with Gasteiger partial charge in [-0.3, -0.25) is 4.90 Å². The molecule has 49 heavy (non-hydrogen) atoms. The number of esters is 1.